The first-order valence-electron chi connectivity index (χ1n) is 9.57. The van der Waals surface area contributed by atoms with Gasteiger partial charge in [-0.25, -0.2) is 0 Å². The van der Waals surface area contributed by atoms with Crippen LogP contribution in [0.15, 0.2) is 42.5 Å². The van der Waals surface area contributed by atoms with Gasteiger partial charge in [0, 0.05) is 0 Å². The standard InChI is InChI=1S/C22H26O5/c23-12-18-19(24)20(25)21(26)22(27-18)16-10-14-7-4-8-17(14)15(11-16)9-13-5-2-1-3-6-13/h1-3,5-6,10-11,18-26H,4,7-9,12H2/t18-,19-,20+,21-,22+/m1/s1. The Labute approximate surface area is 158 Å². The Bertz CT molecular complexity index is 789. The Morgan fingerprint density at radius 1 is 0.926 bits per heavy atom. The van der Waals surface area contributed by atoms with Gasteiger partial charge in [-0.15, -0.1) is 0 Å². The van der Waals surface area contributed by atoms with Crippen LogP contribution in [0.5, 0.6) is 0 Å². The molecule has 2 aromatic rings. The first-order valence-corrected chi connectivity index (χ1v) is 9.57. The highest BCUT2D eigenvalue weighted by molar-refractivity contribution is 5.45. The van der Waals surface area contributed by atoms with E-state index < -0.39 is 37.1 Å². The average Bonchev–Trinajstić information content (AvgIpc) is 3.16. The van der Waals surface area contributed by atoms with Crippen LogP contribution >= 0.6 is 0 Å². The van der Waals surface area contributed by atoms with E-state index >= 15 is 0 Å². The molecule has 0 aromatic heterocycles. The molecule has 5 nitrogen and oxygen atoms in total. The first kappa shape index (κ1) is 18.6. The SMILES string of the molecule is OC[C@H]1O[C@@H](c2cc3c(c(Cc4ccccc4)c2)CCC3)[C@H](O)[C@@H](O)[C@@H]1O. The van der Waals surface area contributed by atoms with Crippen LogP contribution in [-0.4, -0.2) is 51.4 Å². The third-order valence-corrected chi connectivity index (χ3v) is 5.79. The lowest BCUT2D eigenvalue weighted by molar-refractivity contribution is -0.231. The predicted octanol–water partition coefficient (Wildman–Crippen LogP) is 1.28. The minimum Gasteiger partial charge on any atom is -0.394 e. The minimum atomic E-state index is -1.35. The fraction of sp³-hybridized carbons (Fsp3) is 0.455. The van der Waals surface area contributed by atoms with Crippen LogP contribution in [0.3, 0.4) is 0 Å². The highest BCUT2D eigenvalue weighted by atomic mass is 16.5. The number of aryl methyl sites for hydroxylation is 1. The van der Waals surface area contributed by atoms with Gasteiger partial charge in [0.05, 0.1) is 6.61 Å². The van der Waals surface area contributed by atoms with Crippen molar-refractivity contribution in [2.75, 3.05) is 6.61 Å². The number of fused-ring (bicyclic) bond motifs is 1. The number of hydrogen-bond donors (Lipinski definition) is 4. The molecule has 1 saturated heterocycles. The van der Waals surface area contributed by atoms with Gasteiger partial charge < -0.3 is 25.2 Å². The third-order valence-electron chi connectivity index (χ3n) is 5.79. The van der Waals surface area contributed by atoms with Gasteiger partial charge in [-0.2, -0.15) is 0 Å². The summed E-state index contributed by atoms with van der Waals surface area (Å²) in [4.78, 5) is 0. The van der Waals surface area contributed by atoms with Crippen LogP contribution in [-0.2, 0) is 24.0 Å². The van der Waals surface area contributed by atoms with Gasteiger partial charge in [0.1, 0.15) is 30.5 Å². The molecule has 5 atom stereocenters. The summed E-state index contributed by atoms with van der Waals surface area (Å²) in [6.07, 6.45) is -1.66. The molecule has 0 spiro atoms. The lowest BCUT2D eigenvalue weighted by Gasteiger charge is -2.40. The lowest BCUT2D eigenvalue weighted by Crippen LogP contribution is -2.55. The number of hydrogen-bond acceptors (Lipinski definition) is 5. The summed E-state index contributed by atoms with van der Waals surface area (Å²) in [7, 11) is 0. The molecular formula is C22H26O5. The van der Waals surface area contributed by atoms with Crippen molar-refractivity contribution in [1.82, 2.24) is 0 Å². The van der Waals surface area contributed by atoms with Gasteiger partial charge >= 0.3 is 0 Å². The quantitative estimate of drug-likeness (QED) is 0.651. The molecule has 1 fully saturated rings. The van der Waals surface area contributed by atoms with Crippen LogP contribution in [0.4, 0.5) is 0 Å². The second kappa shape index (κ2) is 7.70. The molecule has 0 radical (unpaired) electrons. The van der Waals surface area contributed by atoms with Gasteiger partial charge in [-0.1, -0.05) is 42.5 Å². The average molecular weight is 370 g/mol. The van der Waals surface area contributed by atoms with Crippen LogP contribution < -0.4 is 0 Å². The van der Waals surface area contributed by atoms with Gasteiger partial charge in [0.2, 0.25) is 0 Å². The topological polar surface area (TPSA) is 90.2 Å². The van der Waals surface area contributed by atoms with E-state index in [0.717, 1.165) is 31.2 Å². The number of benzene rings is 2. The summed E-state index contributed by atoms with van der Waals surface area (Å²) >= 11 is 0. The molecule has 2 aliphatic rings. The van der Waals surface area contributed by atoms with Gasteiger partial charge in [-0.3, -0.25) is 0 Å². The van der Waals surface area contributed by atoms with Crippen molar-refractivity contribution in [3.63, 3.8) is 0 Å². The van der Waals surface area contributed by atoms with Crippen LogP contribution in [0.1, 0.15) is 40.3 Å². The van der Waals surface area contributed by atoms with E-state index in [9.17, 15) is 20.4 Å². The first-order chi connectivity index (χ1) is 13.1. The largest absolute Gasteiger partial charge is 0.394 e. The zero-order chi connectivity index (χ0) is 19.0. The van der Waals surface area contributed by atoms with Crippen molar-refractivity contribution in [1.29, 1.82) is 0 Å². The van der Waals surface area contributed by atoms with Gasteiger partial charge in [0.15, 0.2) is 0 Å². The van der Waals surface area contributed by atoms with E-state index in [2.05, 4.69) is 12.1 Å². The maximum atomic E-state index is 10.5. The van der Waals surface area contributed by atoms with E-state index in [0.29, 0.717) is 0 Å². The second-order valence-electron chi connectivity index (χ2n) is 7.58. The number of aliphatic hydroxyl groups is 4. The van der Waals surface area contributed by atoms with E-state index in [1.807, 2.05) is 30.3 Å². The summed E-state index contributed by atoms with van der Waals surface area (Å²) < 4.78 is 5.77. The van der Waals surface area contributed by atoms with Crippen LogP contribution in [0.25, 0.3) is 0 Å². The predicted molar refractivity (Wildman–Crippen MR) is 100 cm³/mol. The summed E-state index contributed by atoms with van der Waals surface area (Å²) in [6, 6.07) is 14.3. The van der Waals surface area contributed by atoms with Crippen molar-refractivity contribution >= 4 is 0 Å². The molecule has 1 aliphatic carbocycles. The maximum absolute atomic E-state index is 10.5. The Hall–Kier alpha value is -1.76. The zero-order valence-electron chi connectivity index (χ0n) is 15.2. The molecule has 0 amide bonds. The van der Waals surface area contributed by atoms with Gasteiger partial charge in [0.25, 0.3) is 0 Å². The Morgan fingerprint density at radius 3 is 2.44 bits per heavy atom. The molecule has 2 aromatic carbocycles. The normalized spacial score (nSPS) is 30.3. The molecule has 4 rings (SSSR count). The van der Waals surface area contributed by atoms with Crippen molar-refractivity contribution in [3.05, 3.63) is 70.3 Å². The van der Waals surface area contributed by atoms with E-state index in [4.69, 9.17) is 4.74 Å². The molecular weight excluding hydrogens is 344 g/mol. The van der Waals surface area contributed by atoms with E-state index in [1.165, 1.54) is 22.3 Å². The number of rotatable bonds is 4. The van der Waals surface area contributed by atoms with Crippen molar-refractivity contribution in [3.8, 4) is 0 Å². The highest BCUT2D eigenvalue weighted by Crippen LogP contribution is 2.36. The molecule has 5 heteroatoms. The van der Waals surface area contributed by atoms with Crippen molar-refractivity contribution in [2.24, 2.45) is 0 Å². The van der Waals surface area contributed by atoms with E-state index in [1.54, 1.807) is 0 Å². The lowest BCUT2D eigenvalue weighted by atomic mass is 9.87. The number of ether oxygens (including phenoxy) is 1. The van der Waals surface area contributed by atoms with Crippen molar-refractivity contribution in [2.45, 2.75) is 56.2 Å². The Balaban J connectivity index is 1.70. The third kappa shape index (κ3) is 3.53. The summed E-state index contributed by atoms with van der Waals surface area (Å²) in [5.74, 6) is 0. The van der Waals surface area contributed by atoms with Gasteiger partial charge in [-0.05, 0) is 53.5 Å². The molecule has 1 heterocycles. The fourth-order valence-electron chi connectivity index (χ4n) is 4.34. The molecule has 1 aliphatic heterocycles. The molecule has 144 valence electrons. The molecule has 27 heavy (non-hydrogen) atoms. The zero-order valence-corrected chi connectivity index (χ0v) is 15.2. The molecule has 0 bridgehead atoms. The molecule has 0 unspecified atom stereocenters. The highest BCUT2D eigenvalue weighted by Gasteiger charge is 2.44. The smallest absolute Gasteiger partial charge is 0.113 e. The molecule has 4 N–H and O–H groups in total. The van der Waals surface area contributed by atoms with Crippen LogP contribution in [0, 0.1) is 0 Å². The van der Waals surface area contributed by atoms with Crippen molar-refractivity contribution < 1.29 is 25.2 Å². The fourth-order valence-corrected chi connectivity index (χ4v) is 4.34. The molecule has 0 saturated carbocycles. The van der Waals surface area contributed by atoms with E-state index in [-0.39, 0.29) is 0 Å². The van der Waals surface area contributed by atoms with Crippen LogP contribution in [0.2, 0.25) is 0 Å². The summed E-state index contributed by atoms with van der Waals surface area (Å²) in [6.45, 7) is -0.413. The monoisotopic (exact) mass is 370 g/mol. The summed E-state index contributed by atoms with van der Waals surface area (Å²) in [5, 5.41) is 40.1. The maximum Gasteiger partial charge on any atom is 0.113 e. The summed E-state index contributed by atoms with van der Waals surface area (Å²) in [5.41, 5.74) is 5.85. The minimum absolute atomic E-state index is 0.413. The Kier molecular flexibility index (Phi) is 5.30. The Morgan fingerprint density at radius 2 is 1.70 bits per heavy atom. The second-order valence-corrected chi connectivity index (χ2v) is 7.58. The number of aliphatic hydroxyl groups excluding tert-OH is 4.